The Bertz CT molecular complexity index is 265. The molecule has 1 amide bonds. The average Bonchev–Trinajstić information content (AvgIpc) is 2.37. The van der Waals surface area contributed by atoms with Gasteiger partial charge in [-0.15, -0.1) is 0 Å². The zero-order chi connectivity index (χ0) is 16.1. The van der Waals surface area contributed by atoms with Gasteiger partial charge < -0.3 is 21.5 Å². The van der Waals surface area contributed by atoms with E-state index in [1.807, 2.05) is 20.8 Å². The summed E-state index contributed by atoms with van der Waals surface area (Å²) in [6.45, 7) is 7.78. The van der Waals surface area contributed by atoms with E-state index in [0.29, 0.717) is 12.5 Å². The molecule has 0 aliphatic carbocycles. The Hall–Kier alpha value is -0.810. The molecule has 21 heavy (non-hydrogen) atoms. The summed E-state index contributed by atoms with van der Waals surface area (Å²) < 4.78 is 5.20. The van der Waals surface area contributed by atoms with Crippen molar-refractivity contribution in [3.05, 3.63) is 0 Å². The van der Waals surface area contributed by atoms with E-state index in [-0.39, 0.29) is 6.09 Å². The molecule has 0 saturated carbocycles. The monoisotopic (exact) mass is 301 g/mol. The van der Waals surface area contributed by atoms with Crippen molar-refractivity contribution in [1.29, 1.82) is 0 Å². The molecule has 5 N–H and O–H groups in total. The van der Waals surface area contributed by atoms with Crippen molar-refractivity contribution in [3.8, 4) is 0 Å². The fourth-order valence-electron chi connectivity index (χ4n) is 2.32. The van der Waals surface area contributed by atoms with Gasteiger partial charge in [0.1, 0.15) is 5.60 Å². The van der Waals surface area contributed by atoms with Crippen LogP contribution in [0.1, 0.15) is 65.7 Å². The van der Waals surface area contributed by atoms with Gasteiger partial charge in [0.2, 0.25) is 0 Å². The van der Waals surface area contributed by atoms with Crippen LogP contribution in [-0.4, -0.2) is 31.3 Å². The van der Waals surface area contributed by atoms with E-state index in [1.54, 1.807) is 0 Å². The Morgan fingerprint density at radius 1 is 1.00 bits per heavy atom. The number of nitrogens with one attached hydrogen (secondary N) is 1. The number of ether oxygens (including phenoxy) is 1. The number of alkyl carbamates (subject to hydrolysis) is 1. The Labute approximate surface area is 130 Å². The first-order valence-electron chi connectivity index (χ1n) is 8.26. The van der Waals surface area contributed by atoms with Gasteiger partial charge in [0.15, 0.2) is 0 Å². The van der Waals surface area contributed by atoms with Crippen molar-refractivity contribution < 1.29 is 9.53 Å². The number of rotatable bonds is 11. The number of hydrogen-bond acceptors (Lipinski definition) is 4. The molecule has 0 aromatic heterocycles. The minimum absolute atomic E-state index is 0.333. The molecule has 126 valence electrons. The van der Waals surface area contributed by atoms with Crippen LogP contribution in [0.2, 0.25) is 0 Å². The number of nitrogens with two attached hydrogens (primary N) is 2. The van der Waals surface area contributed by atoms with E-state index in [0.717, 1.165) is 38.8 Å². The van der Waals surface area contributed by atoms with Crippen LogP contribution < -0.4 is 16.8 Å². The van der Waals surface area contributed by atoms with Crippen LogP contribution in [0.5, 0.6) is 0 Å². The summed E-state index contributed by atoms with van der Waals surface area (Å²) in [5.41, 5.74) is 10.7. The first-order chi connectivity index (χ1) is 9.89. The SMILES string of the molecule is CC(C)(C)OC(=O)NCCCC(CCN)CCCCCN. The molecule has 0 saturated heterocycles. The van der Waals surface area contributed by atoms with Crippen molar-refractivity contribution in [2.24, 2.45) is 17.4 Å². The zero-order valence-electron chi connectivity index (χ0n) is 14.1. The highest BCUT2D eigenvalue weighted by Crippen LogP contribution is 2.18. The third-order valence-electron chi connectivity index (χ3n) is 3.35. The molecule has 5 heteroatoms. The summed E-state index contributed by atoms with van der Waals surface area (Å²) in [6.07, 6.45) is 7.56. The Balaban J connectivity index is 3.75. The van der Waals surface area contributed by atoms with Gasteiger partial charge in [0, 0.05) is 6.54 Å². The molecule has 0 rings (SSSR count). The standard InChI is InChI=1S/C16H35N3O2/c1-16(2,3)21-15(20)19-13-7-9-14(10-12-18)8-5-4-6-11-17/h14H,4-13,17-18H2,1-3H3,(H,19,20). The normalized spacial score (nSPS) is 13.0. The van der Waals surface area contributed by atoms with Gasteiger partial charge in [0.25, 0.3) is 0 Å². The van der Waals surface area contributed by atoms with E-state index >= 15 is 0 Å². The maximum absolute atomic E-state index is 11.5. The number of unbranched alkanes of at least 4 members (excludes halogenated alkanes) is 2. The number of carbonyl (C=O) groups is 1. The number of carbonyl (C=O) groups excluding carboxylic acids is 1. The topological polar surface area (TPSA) is 90.4 Å². The lowest BCUT2D eigenvalue weighted by Gasteiger charge is -2.20. The molecule has 5 nitrogen and oxygen atoms in total. The zero-order valence-corrected chi connectivity index (χ0v) is 14.1. The molecule has 0 aromatic carbocycles. The van der Waals surface area contributed by atoms with Crippen LogP contribution in [0.3, 0.4) is 0 Å². The highest BCUT2D eigenvalue weighted by molar-refractivity contribution is 5.67. The lowest BCUT2D eigenvalue weighted by molar-refractivity contribution is 0.0526. The van der Waals surface area contributed by atoms with Crippen molar-refractivity contribution >= 4 is 6.09 Å². The highest BCUT2D eigenvalue weighted by atomic mass is 16.6. The van der Waals surface area contributed by atoms with E-state index < -0.39 is 5.60 Å². The van der Waals surface area contributed by atoms with Crippen LogP contribution in [0.15, 0.2) is 0 Å². The molecule has 0 heterocycles. The van der Waals surface area contributed by atoms with E-state index in [9.17, 15) is 4.79 Å². The predicted molar refractivity (Wildman–Crippen MR) is 88.2 cm³/mol. The van der Waals surface area contributed by atoms with Crippen LogP contribution in [0.25, 0.3) is 0 Å². The summed E-state index contributed by atoms with van der Waals surface area (Å²) in [5, 5.41) is 2.80. The molecule has 1 atom stereocenters. The summed E-state index contributed by atoms with van der Waals surface area (Å²) in [7, 11) is 0. The number of hydrogen-bond donors (Lipinski definition) is 3. The number of amides is 1. The third kappa shape index (κ3) is 13.9. The molecule has 0 spiro atoms. The summed E-state index contributed by atoms with van der Waals surface area (Å²) >= 11 is 0. The summed E-state index contributed by atoms with van der Waals surface area (Å²) in [6, 6.07) is 0. The maximum atomic E-state index is 11.5. The van der Waals surface area contributed by atoms with E-state index in [2.05, 4.69) is 5.32 Å². The highest BCUT2D eigenvalue weighted by Gasteiger charge is 2.15. The van der Waals surface area contributed by atoms with Gasteiger partial charge in [-0.25, -0.2) is 4.79 Å². The molecule has 0 radical (unpaired) electrons. The molecule has 0 bridgehead atoms. The minimum Gasteiger partial charge on any atom is -0.444 e. The van der Waals surface area contributed by atoms with Crippen molar-refractivity contribution in [3.63, 3.8) is 0 Å². The van der Waals surface area contributed by atoms with Gasteiger partial charge >= 0.3 is 6.09 Å². The van der Waals surface area contributed by atoms with Crippen molar-refractivity contribution in [2.75, 3.05) is 19.6 Å². The smallest absolute Gasteiger partial charge is 0.407 e. The minimum atomic E-state index is -0.435. The Morgan fingerprint density at radius 2 is 1.67 bits per heavy atom. The second-order valence-electron chi connectivity index (χ2n) is 6.65. The van der Waals surface area contributed by atoms with Gasteiger partial charge in [-0.3, -0.25) is 0 Å². The molecule has 0 aromatic rings. The average molecular weight is 301 g/mol. The molecule has 0 fully saturated rings. The van der Waals surface area contributed by atoms with Crippen LogP contribution in [-0.2, 0) is 4.74 Å². The summed E-state index contributed by atoms with van der Waals surface area (Å²) in [5.74, 6) is 0.660. The first kappa shape index (κ1) is 20.2. The predicted octanol–water partition coefficient (Wildman–Crippen LogP) is 2.78. The largest absolute Gasteiger partial charge is 0.444 e. The quantitative estimate of drug-likeness (QED) is 0.512. The Morgan fingerprint density at radius 3 is 2.24 bits per heavy atom. The van der Waals surface area contributed by atoms with Crippen molar-refractivity contribution in [1.82, 2.24) is 5.32 Å². The van der Waals surface area contributed by atoms with Gasteiger partial charge in [-0.1, -0.05) is 19.3 Å². The fourth-order valence-corrected chi connectivity index (χ4v) is 2.32. The maximum Gasteiger partial charge on any atom is 0.407 e. The van der Waals surface area contributed by atoms with Crippen molar-refractivity contribution in [2.45, 2.75) is 71.3 Å². The van der Waals surface area contributed by atoms with Crippen LogP contribution in [0.4, 0.5) is 4.79 Å². The van der Waals surface area contributed by atoms with Crippen LogP contribution >= 0.6 is 0 Å². The molecular formula is C16H35N3O2. The fraction of sp³-hybridized carbons (Fsp3) is 0.938. The second kappa shape index (κ2) is 11.8. The second-order valence-corrected chi connectivity index (χ2v) is 6.65. The summed E-state index contributed by atoms with van der Waals surface area (Å²) in [4.78, 5) is 11.5. The third-order valence-corrected chi connectivity index (χ3v) is 3.35. The van der Waals surface area contributed by atoms with Gasteiger partial charge in [0.05, 0.1) is 0 Å². The van der Waals surface area contributed by atoms with E-state index in [4.69, 9.17) is 16.2 Å². The van der Waals surface area contributed by atoms with Crippen LogP contribution in [0, 0.1) is 5.92 Å². The Kier molecular flexibility index (Phi) is 11.4. The molecule has 0 aliphatic rings. The van der Waals surface area contributed by atoms with Gasteiger partial charge in [-0.2, -0.15) is 0 Å². The lowest BCUT2D eigenvalue weighted by atomic mass is 9.93. The molecular weight excluding hydrogens is 266 g/mol. The van der Waals surface area contributed by atoms with Gasteiger partial charge in [-0.05, 0) is 65.5 Å². The van der Waals surface area contributed by atoms with E-state index in [1.165, 1.54) is 19.3 Å². The molecule has 1 unspecified atom stereocenters. The first-order valence-corrected chi connectivity index (χ1v) is 8.26. The molecule has 0 aliphatic heterocycles. The lowest BCUT2D eigenvalue weighted by Crippen LogP contribution is -2.33.